The Kier molecular flexibility index (Phi) is 8.86. The second-order valence-corrected chi connectivity index (χ2v) is 9.13. The molecule has 3 N–H and O–H groups in total. The van der Waals surface area contributed by atoms with Crippen LogP contribution in [-0.2, 0) is 4.74 Å². The minimum absolute atomic E-state index is 0.142. The molecule has 1 unspecified atom stereocenters. The second kappa shape index (κ2) is 10.9. The topological polar surface area (TPSA) is 86.2 Å². The summed E-state index contributed by atoms with van der Waals surface area (Å²) in [5.74, 6) is 1.33. The lowest BCUT2D eigenvalue weighted by atomic mass is 9.93. The monoisotopic (exact) mass is 396 g/mol. The Morgan fingerprint density at radius 1 is 1.21 bits per heavy atom. The van der Waals surface area contributed by atoms with Gasteiger partial charge in [-0.25, -0.2) is 4.79 Å². The van der Waals surface area contributed by atoms with E-state index in [1.807, 2.05) is 25.7 Å². The lowest BCUT2D eigenvalue weighted by molar-refractivity contribution is 0.0163. The van der Waals surface area contributed by atoms with Gasteiger partial charge in [-0.15, -0.1) is 0 Å². The maximum Gasteiger partial charge on any atom is 0.410 e. The van der Waals surface area contributed by atoms with Crippen molar-refractivity contribution in [1.29, 1.82) is 0 Å². The van der Waals surface area contributed by atoms with E-state index in [1.165, 1.54) is 0 Å². The van der Waals surface area contributed by atoms with Crippen LogP contribution in [0.15, 0.2) is 4.99 Å². The molecule has 1 saturated carbocycles. The lowest BCUT2D eigenvalue weighted by Gasteiger charge is -2.34. The van der Waals surface area contributed by atoms with Gasteiger partial charge in [-0.05, 0) is 78.6 Å². The number of aliphatic hydroxyl groups is 1. The number of ether oxygens (including phenoxy) is 1. The first-order chi connectivity index (χ1) is 13.3. The molecule has 2 aliphatic rings. The van der Waals surface area contributed by atoms with Gasteiger partial charge in [0.05, 0.1) is 6.10 Å². The van der Waals surface area contributed by atoms with Crippen LogP contribution < -0.4 is 10.6 Å². The fourth-order valence-corrected chi connectivity index (χ4v) is 3.89. The molecule has 7 heteroatoms. The SMILES string of the molecule is CCNC(=NCCC1CCCN(C(=O)OC(C)(C)C)C1)NC1CCC(O)CC1. The van der Waals surface area contributed by atoms with Crippen LogP contribution in [0.1, 0.15) is 72.6 Å². The highest BCUT2D eigenvalue weighted by atomic mass is 16.6. The third kappa shape index (κ3) is 8.25. The Labute approximate surface area is 170 Å². The van der Waals surface area contributed by atoms with Gasteiger partial charge in [0.25, 0.3) is 0 Å². The van der Waals surface area contributed by atoms with Crippen LogP contribution in [0.5, 0.6) is 0 Å². The number of guanidine groups is 1. The zero-order chi connectivity index (χ0) is 20.6. The molecular weight excluding hydrogens is 356 g/mol. The van der Waals surface area contributed by atoms with Gasteiger partial charge in [0.2, 0.25) is 0 Å². The van der Waals surface area contributed by atoms with E-state index >= 15 is 0 Å². The van der Waals surface area contributed by atoms with E-state index in [0.29, 0.717) is 12.0 Å². The number of piperidine rings is 1. The molecule has 162 valence electrons. The predicted molar refractivity (Wildman–Crippen MR) is 113 cm³/mol. The molecule has 2 fully saturated rings. The third-order valence-corrected chi connectivity index (χ3v) is 5.36. The molecule has 7 nitrogen and oxygen atoms in total. The summed E-state index contributed by atoms with van der Waals surface area (Å²) in [4.78, 5) is 18.9. The van der Waals surface area contributed by atoms with Gasteiger partial charge in [0.1, 0.15) is 5.60 Å². The average molecular weight is 397 g/mol. The molecule has 0 aromatic carbocycles. The molecule has 28 heavy (non-hydrogen) atoms. The standard InChI is InChI=1S/C21H40N4O3/c1-5-22-19(24-17-8-10-18(26)11-9-17)23-13-12-16-7-6-14-25(15-16)20(27)28-21(2,3)4/h16-18,26H,5-15H2,1-4H3,(H2,22,23,24). The first-order valence-electron chi connectivity index (χ1n) is 11.0. The highest BCUT2D eigenvalue weighted by molar-refractivity contribution is 5.80. The van der Waals surface area contributed by atoms with E-state index in [1.54, 1.807) is 0 Å². The van der Waals surface area contributed by atoms with Crippen molar-refractivity contribution in [2.24, 2.45) is 10.9 Å². The van der Waals surface area contributed by atoms with Gasteiger partial charge in [0, 0.05) is 32.2 Å². The summed E-state index contributed by atoms with van der Waals surface area (Å²) in [7, 11) is 0. The van der Waals surface area contributed by atoms with Gasteiger partial charge in [-0.2, -0.15) is 0 Å². The van der Waals surface area contributed by atoms with E-state index in [0.717, 1.165) is 77.1 Å². The van der Waals surface area contributed by atoms with Crippen LogP contribution in [0, 0.1) is 5.92 Å². The summed E-state index contributed by atoms with van der Waals surface area (Å²) in [5.41, 5.74) is -0.449. The fraction of sp³-hybridized carbons (Fsp3) is 0.905. The van der Waals surface area contributed by atoms with E-state index in [4.69, 9.17) is 9.73 Å². The van der Waals surface area contributed by atoms with Crippen LogP contribution >= 0.6 is 0 Å². The number of hydrogen-bond acceptors (Lipinski definition) is 4. The van der Waals surface area contributed by atoms with E-state index in [2.05, 4.69) is 17.6 Å². The maximum atomic E-state index is 12.3. The summed E-state index contributed by atoms with van der Waals surface area (Å²) in [6.07, 6.45) is 6.48. The van der Waals surface area contributed by atoms with E-state index in [9.17, 15) is 9.90 Å². The molecule has 1 atom stereocenters. The number of nitrogens with one attached hydrogen (secondary N) is 2. The molecule has 1 aliphatic carbocycles. The number of carbonyl (C=O) groups is 1. The Bertz CT molecular complexity index is 510. The van der Waals surface area contributed by atoms with Crippen LogP contribution in [0.2, 0.25) is 0 Å². The summed E-state index contributed by atoms with van der Waals surface area (Å²) in [6.45, 7) is 10.9. The van der Waals surface area contributed by atoms with Crippen molar-refractivity contribution in [3.05, 3.63) is 0 Å². The zero-order valence-electron chi connectivity index (χ0n) is 18.2. The number of likely N-dealkylation sites (tertiary alicyclic amines) is 1. The van der Waals surface area contributed by atoms with Gasteiger partial charge in [-0.3, -0.25) is 4.99 Å². The molecule has 2 rings (SSSR count). The van der Waals surface area contributed by atoms with E-state index in [-0.39, 0.29) is 12.2 Å². The first-order valence-corrected chi connectivity index (χ1v) is 11.0. The largest absolute Gasteiger partial charge is 0.444 e. The van der Waals surface area contributed by atoms with Crippen molar-refractivity contribution < 1.29 is 14.6 Å². The fourth-order valence-electron chi connectivity index (χ4n) is 3.89. The molecule has 1 aliphatic heterocycles. The molecule has 1 amide bonds. The van der Waals surface area contributed by atoms with Crippen LogP contribution in [-0.4, -0.2) is 66.0 Å². The van der Waals surface area contributed by atoms with Gasteiger partial charge in [0.15, 0.2) is 5.96 Å². The molecule has 0 spiro atoms. The lowest BCUT2D eigenvalue weighted by Crippen LogP contribution is -2.45. The molecule has 1 saturated heterocycles. The van der Waals surface area contributed by atoms with Crippen molar-refractivity contribution in [3.8, 4) is 0 Å². The number of hydrogen-bond donors (Lipinski definition) is 3. The molecular formula is C21H40N4O3. The van der Waals surface area contributed by atoms with Gasteiger partial charge < -0.3 is 25.4 Å². The average Bonchev–Trinajstić information content (AvgIpc) is 2.62. The Morgan fingerprint density at radius 3 is 2.57 bits per heavy atom. The summed E-state index contributed by atoms with van der Waals surface area (Å²) in [5, 5.41) is 16.5. The Morgan fingerprint density at radius 2 is 1.93 bits per heavy atom. The second-order valence-electron chi connectivity index (χ2n) is 9.13. The highest BCUT2D eigenvalue weighted by Crippen LogP contribution is 2.22. The van der Waals surface area contributed by atoms with Crippen molar-refractivity contribution in [3.63, 3.8) is 0 Å². The molecule has 0 bridgehead atoms. The quantitative estimate of drug-likeness (QED) is 0.491. The number of amides is 1. The van der Waals surface area contributed by atoms with Gasteiger partial charge >= 0.3 is 6.09 Å². The summed E-state index contributed by atoms with van der Waals surface area (Å²) >= 11 is 0. The third-order valence-electron chi connectivity index (χ3n) is 5.36. The highest BCUT2D eigenvalue weighted by Gasteiger charge is 2.27. The molecule has 0 aromatic heterocycles. The summed E-state index contributed by atoms with van der Waals surface area (Å²) < 4.78 is 5.51. The van der Waals surface area contributed by atoms with Crippen LogP contribution in [0.4, 0.5) is 4.79 Å². The summed E-state index contributed by atoms with van der Waals surface area (Å²) in [6, 6.07) is 0.388. The normalized spacial score (nSPS) is 26.7. The number of nitrogens with zero attached hydrogens (tertiary/aromatic N) is 2. The predicted octanol–water partition coefficient (Wildman–Crippen LogP) is 2.88. The van der Waals surface area contributed by atoms with Crippen LogP contribution in [0.25, 0.3) is 0 Å². The Balaban J connectivity index is 1.79. The number of aliphatic imine (C=N–C) groups is 1. The number of rotatable bonds is 5. The number of aliphatic hydroxyl groups excluding tert-OH is 1. The van der Waals surface area contributed by atoms with Crippen molar-refractivity contribution in [1.82, 2.24) is 15.5 Å². The minimum Gasteiger partial charge on any atom is -0.444 e. The maximum absolute atomic E-state index is 12.3. The smallest absolute Gasteiger partial charge is 0.410 e. The minimum atomic E-state index is -0.449. The van der Waals surface area contributed by atoms with Gasteiger partial charge in [-0.1, -0.05) is 0 Å². The Hall–Kier alpha value is -1.50. The molecule has 0 radical (unpaired) electrons. The first kappa shape index (κ1) is 22.8. The molecule has 0 aromatic rings. The van der Waals surface area contributed by atoms with Crippen molar-refractivity contribution >= 4 is 12.1 Å². The number of carbonyl (C=O) groups excluding carboxylic acids is 1. The van der Waals surface area contributed by atoms with E-state index < -0.39 is 5.60 Å². The molecule has 1 heterocycles. The van der Waals surface area contributed by atoms with Crippen molar-refractivity contribution in [2.75, 3.05) is 26.2 Å². The van der Waals surface area contributed by atoms with Crippen LogP contribution in [0.3, 0.4) is 0 Å². The van der Waals surface area contributed by atoms with Crippen molar-refractivity contribution in [2.45, 2.75) is 90.4 Å². The zero-order valence-corrected chi connectivity index (χ0v) is 18.2.